The fourth-order valence-electron chi connectivity index (χ4n) is 9.50. The largest absolute Gasteiger partial charge is 0.453 e. The van der Waals surface area contributed by atoms with E-state index >= 15 is 0 Å². The number of benzene rings is 11. The summed E-state index contributed by atoms with van der Waals surface area (Å²) in [6, 6.07) is 91.1. The number of anilines is 6. The highest BCUT2D eigenvalue weighted by Crippen LogP contribution is 2.50. The number of hydrogen-bond acceptors (Lipinski definition) is 3. The van der Waals surface area contributed by atoms with E-state index in [-0.39, 0.29) is 0 Å². The van der Waals surface area contributed by atoms with E-state index in [1.54, 1.807) is 0 Å². The van der Waals surface area contributed by atoms with Crippen molar-refractivity contribution in [3.8, 4) is 33.4 Å². The molecular weight excluding hydrogens is 789 g/mol. The second kappa shape index (κ2) is 16.2. The maximum absolute atomic E-state index is 7.25. The van der Waals surface area contributed by atoms with Crippen LogP contribution in [0, 0.1) is 0 Å². The number of rotatable bonds is 9. The molecule has 0 radical (unpaired) electrons. The number of furan rings is 1. The summed E-state index contributed by atoms with van der Waals surface area (Å²) in [5.74, 6) is 0. The second-order valence-electron chi connectivity index (χ2n) is 16.5. The van der Waals surface area contributed by atoms with Gasteiger partial charge < -0.3 is 14.2 Å². The predicted octanol–water partition coefficient (Wildman–Crippen LogP) is 17.8. The number of hydrogen-bond donors (Lipinski definition) is 0. The van der Waals surface area contributed by atoms with E-state index in [0.29, 0.717) is 0 Å². The van der Waals surface area contributed by atoms with Gasteiger partial charge in [0.05, 0.1) is 16.8 Å². The van der Waals surface area contributed by atoms with Crippen molar-refractivity contribution in [2.75, 3.05) is 9.80 Å². The minimum absolute atomic E-state index is 0.814. The minimum Gasteiger partial charge on any atom is -0.453 e. The first kappa shape index (κ1) is 38.0. The van der Waals surface area contributed by atoms with Crippen LogP contribution in [0.1, 0.15) is 0 Å². The average molecular weight is 831 g/mol. The Morgan fingerprint density at radius 3 is 1.29 bits per heavy atom. The summed E-state index contributed by atoms with van der Waals surface area (Å²) in [5.41, 5.74) is 15.0. The van der Waals surface area contributed by atoms with Gasteiger partial charge in [-0.3, -0.25) is 0 Å². The van der Waals surface area contributed by atoms with Gasteiger partial charge in [0, 0.05) is 33.5 Å². The molecular formula is C62H42N2O. The average Bonchev–Trinajstić information content (AvgIpc) is 3.79. The normalized spacial score (nSPS) is 11.4. The Balaban J connectivity index is 1.01. The van der Waals surface area contributed by atoms with Crippen molar-refractivity contribution in [3.05, 3.63) is 255 Å². The molecule has 0 spiro atoms. The van der Waals surface area contributed by atoms with Crippen LogP contribution >= 0.6 is 0 Å². The van der Waals surface area contributed by atoms with E-state index in [2.05, 4.69) is 265 Å². The van der Waals surface area contributed by atoms with Gasteiger partial charge in [-0.25, -0.2) is 0 Å². The molecule has 0 amide bonds. The molecule has 0 fully saturated rings. The highest BCUT2D eigenvalue weighted by atomic mass is 16.3. The highest BCUT2D eigenvalue weighted by molar-refractivity contribution is 6.22. The van der Waals surface area contributed by atoms with Crippen LogP contribution in [0.15, 0.2) is 259 Å². The molecule has 0 aliphatic rings. The Morgan fingerprint density at radius 2 is 0.677 bits per heavy atom. The Kier molecular flexibility index (Phi) is 9.50. The molecule has 3 nitrogen and oxygen atoms in total. The molecule has 1 aromatic heterocycles. The zero-order valence-corrected chi connectivity index (χ0v) is 35.6. The first-order valence-corrected chi connectivity index (χ1v) is 22.2. The number of para-hydroxylation sites is 2. The standard InChI is InChI=1S/C62H42N2O/c1-4-15-43(16-5-1)45-31-38-53(39-32-45)64(51-22-8-3-9-23-51)59-42-41-58(60-57-40-35-48-18-11-13-25-56(48)61(57)65-62(59)60)63(50-20-6-2-7-21-50)52-36-33-46(34-37-52)44-27-29-49(30-28-44)55-26-14-19-47-17-10-12-24-54(47)55/h1-42H. The van der Waals surface area contributed by atoms with E-state index in [0.717, 1.165) is 72.4 Å². The first-order valence-electron chi connectivity index (χ1n) is 22.2. The third-order valence-electron chi connectivity index (χ3n) is 12.7. The van der Waals surface area contributed by atoms with Gasteiger partial charge in [-0.15, -0.1) is 0 Å². The van der Waals surface area contributed by atoms with Crippen LogP contribution in [0.5, 0.6) is 0 Å². The molecule has 306 valence electrons. The third kappa shape index (κ3) is 6.87. The lowest BCUT2D eigenvalue weighted by atomic mass is 9.96. The van der Waals surface area contributed by atoms with Crippen molar-refractivity contribution >= 4 is 77.6 Å². The van der Waals surface area contributed by atoms with Gasteiger partial charge in [0.2, 0.25) is 0 Å². The SMILES string of the molecule is c1ccc(-c2ccc(N(c3ccccc3)c3ccc(N(c4ccccc4)c4ccc(-c5ccc(-c6cccc7ccccc67)cc5)cc4)c4c3oc3c5ccccc5ccc34)cc2)cc1. The summed E-state index contributed by atoms with van der Waals surface area (Å²) in [6.07, 6.45) is 0. The van der Waals surface area contributed by atoms with Crippen LogP contribution in [0.4, 0.5) is 34.1 Å². The molecule has 0 aliphatic carbocycles. The molecule has 0 saturated heterocycles. The van der Waals surface area contributed by atoms with E-state index in [1.807, 2.05) is 0 Å². The molecule has 12 aromatic rings. The number of nitrogens with zero attached hydrogens (tertiary/aromatic N) is 2. The van der Waals surface area contributed by atoms with Crippen LogP contribution in [0.2, 0.25) is 0 Å². The molecule has 0 N–H and O–H groups in total. The van der Waals surface area contributed by atoms with Gasteiger partial charge in [0.15, 0.2) is 5.58 Å². The minimum atomic E-state index is 0.814. The Labute approximate surface area is 378 Å². The maximum atomic E-state index is 7.25. The molecule has 0 unspecified atom stereocenters. The fourth-order valence-corrected chi connectivity index (χ4v) is 9.50. The van der Waals surface area contributed by atoms with Gasteiger partial charge in [-0.05, 0) is 116 Å². The van der Waals surface area contributed by atoms with Crippen LogP contribution in [-0.4, -0.2) is 0 Å². The molecule has 11 aromatic carbocycles. The Bertz CT molecular complexity index is 3610. The Hall–Kier alpha value is -8.66. The van der Waals surface area contributed by atoms with E-state index in [9.17, 15) is 0 Å². The van der Waals surface area contributed by atoms with Crippen molar-refractivity contribution in [1.82, 2.24) is 0 Å². The highest BCUT2D eigenvalue weighted by Gasteiger charge is 2.26. The van der Waals surface area contributed by atoms with Gasteiger partial charge in [-0.1, -0.05) is 188 Å². The van der Waals surface area contributed by atoms with Crippen LogP contribution < -0.4 is 9.80 Å². The molecule has 0 saturated carbocycles. The zero-order chi connectivity index (χ0) is 43.1. The van der Waals surface area contributed by atoms with Crippen LogP contribution in [0.25, 0.3) is 76.9 Å². The monoisotopic (exact) mass is 830 g/mol. The molecule has 3 heteroatoms. The topological polar surface area (TPSA) is 19.6 Å². The van der Waals surface area contributed by atoms with Gasteiger partial charge >= 0.3 is 0 Å². The van der Waals surface area contributed by atoms with Crippen molar-refractivity contribution in [3.63, 3.8) is 0 Å². The quantitative estimate of drug-likeness (QED) is 0.144. The van der Waals surface area contributed by atoms with E-state index in [1.165, 1.54) is 38.6 Å². The van der Waals surface area contributed by atoms with Crippen molar-refractivity contribution in [2.45, 2.75) is 0 Å². The number of fused-ring (bicyclic) bond motifs is 6. The van der Waals surface area contributed by atoms with Crippen molar-refractivity contribution in [2.24, 2.45) is 0 Å². The second-order valence-corrected chi connectivity index (χ2v) is 16.5. The van der Waals surface area contributed by atoms with Crippen molar-refractivity contribution < 1.29 is 4.42 Å². The van der Waals surface area contributed by atoms with Crippen molar-refractivity contribution in [1.29, 1.82) is 0 Å². The summed E-state index contributed by atoms with van der Waals surface area (Å²) < 4.78 is 7.25. The van der Waals surface area contributed by atoms with Crippen LogP contribution in [-0.2, 0) is 0 Å². The smallest absolute Gasteiger partial charge is 0.161 e. The lowest BCUT2D eigenvalue weighted by Crippen LogP contribution is -2.13. The molecule has 1 heterocycles. The summed E-state index contributed by atoms with van der Waals surface area (Å²) >= 11 is 0. The van der Waals surface area contributed by atoms with Crippen LogP contribution in [0.3, 0.4) is 0 Å². The molecule has 0 atom stereocenters. The fraction of sp³-hybridized carbons (Fsp3) is 0. The first-order chi connectivity index (χ1) is 32.2. The summed E-state index contributed by atoms with van der Waals surface area (Å²) in [5, 5.41) is 6.84. The third-order valence-corrected chi connectivity index (χ3v) is 12.7. The lowest BCUT2D eigenvalue weighted by molar-refractivity contribution is 0.673. The molecule has 12 rings (SSSR count). The Morgan fingerprint density at radius 1 is 0.246 bits per heavy atom. The van der Waals surface area contributed by atoms with E-state index in [4.69, 9.17) is 4.42 Å². The zero-order valence-electron chi connectivity index (χ0n) is 35.6. The predicted molar refractivity (Wildman–Crippen MR) is 274 cm³/mol. The molecule has 0 aliphatic heterocycles. The van der Waals surface area contributed by atoms with Gasteiger partial charge in [0.25, 0.3) is 0 Å². The lowest BCUT2D eigenvalue weighted by Gasteiger charge is -2.29. The summed E-state index contributed by atoms with van der Waals surface area (Å²) in [4.78, 5) is 4.68. The maximum Gasteiger partial charge on any atom is 0.161 e. The summed E-state index contributed by atoms with van der Waals surface area (Å²) in [7, 11) is 0. The van der Waals surface area contributed by atoms with E-state index < -0.39 is 0 Å². The molecule has 65 heavy (non-hydrogen) atoms. The van der Waals surface area contributed by atoms with Gasteiger partial charge in [-0.2, -0.15) is 0 Å². The van der Waals surface area contributed by atoms with Gasteiger partial charge in [0.1, 0.15) is 5.58 Å². The molecule has 0 bridgehead atoms. The summed E-state index contributed by atoms with van der Waals surface area (Å²) in [6.45, 7) is 0.